The van der Waals surface area contributed by atoms with Crippen LogP contribution in [0.4, 0.5) is 17.6 Å². The topological polar surface area (TPSA) is 101 Å². The molecule has 0 amide bonds. The molecule has 1 unspecified atom stereocenters. The molecular formula is C12H11F4N5O. The SMILES string of the molecule is N=C(N)C(F)(F)C(O)(Cn1cncn1)c1ccc(F)cc1F. The second kappa shape index (κ2) is 5.37. The summed E-state index contributed by atoms with van der Waals surface area (Å²) in [7, 11) is 0. The van der Waals surface area contributed by atoms with Gasteiger partial charge in [0, 0.05) is 11.6 Å². The van der Waals surface area contributed by atoms with Gasteiger partial charge in [-0.15, -0.1) is 0 Å². The maximum absolute atomic E-state index is 14.2. The van der Waals surface area contributed by atoms with E-state index >= 15 is 0 Å². The van der Waals surface area contributed by atoms with Crippen LogP contribution in [0.2, 0.25) is 0 Å². The van der Waals surface area contributed by atoms with Crippen molar-refractivity contribution >= 4 is 5.84 Å². The van der Waals surface area contributed by atoms with E-state index < -0.39 is 41.1 Å². The van der Waals surface area contributed by atoms with E-state index in [1.165, 1.54) is 0 Å². The van der Waals surface area contributed by atoms with Crippen LogP contribution in [0.25, 0.3) is 0 Å². The van der Waals surface area contributed by atoms with Crippen molar-refractivity contribution in [1.29, 1.82) is 5.41 Å². The molecule has 6 nitrogen and oxygen atoms in total. The molecule has 0 aliphatic heterocycles. The van der Waals surface area contributed by atoms with Gasteiger partial charge in [0.1, 0.15) is 24.3 Å². The van der Waals surface area contributed by atoms with Gasteiger partial charge >= 0.3 is 5.92 Å². The molecule has 0 fully saturated rings. The Morgan fingerprint density at radius 3 is 2.55 bits per heavy atom. The first-order valence-electron chi connectivity index (χ1n) is 5.91. The van der Waals surface area contributed by atoms with Crippen LogP contribution < -0.4 is 5.73 Å². The van der Waals surface area contributed by atoms with Gasteiger partial charge in [-0.25, -0.2) is 18.4 Å². The van der Waals surface area contributed by atoms with Crippen LogP contribution in [0, 0.1) is 17.0 Å². The smallest absolute Gasteiger partial charge is 0.337 e. The van der Waals surface area contributed by atoms with E-state index in [9.17, 15) is 22.7 Å². The van der Waals surface area contributed by atoms with Crippen molar-refractivity contribution in [2.75, 3.05) is 0 Å². The summed E-state index contributed by atoms with van der Waals surface area (Å²) in [5.41, 5.74) is 0.676. The number of hydrogen-bond donors (Lipinski definition) is 3. The van der Waals surface area contributed by atoms with Gasteiger partial charge < -0.3 is 10.8 Å². The highest BCUT2D eigenvalue weighted by atomic mass is 19.3. The molecule has 0 aliphatic rings. The van der Waals surface area contributed by atoms with E-state index in [1.54, 1.807) is 0 Å². The fourth-order valence-electron chi connectivity index (χ4n) is 1.95. The molecule has 1 atom stereocenters. The number of amidine groups is 1. The number of hydrogen-bond acceptors (Lipinski definition) is 4. The quantitative estimate of drug-likeness (QED) is 0.435. The minimum atomic E-state index is -4.32. The third-order valence-corrected chi connectivity index (χ3v) is 3.09. The maximum atomic E-state index is 14.2. The Labute approximate surface area is 121 Å². The first-order valence-corrected chi connectivity index (χ1v) is 5.91. The molecule has 1 heterocycles. The van der Waals surface area contributed by atoms with Crippen LogP contribution in [0.5, 0.6) is 0 Å². The predicted molar refractivity (Wildman–Crippen MR) is 67.1 cm³/mol. The van der Waals surface area contributed by atoms with E-state index in [0.29, 0.717) is 18.2 Å². The second-order valence-corrected chi connectivity index (χ2v) is 4.57. The van der Waals surface area contributed by atoms with Gasteiger partial charge in [-0.2, -0.15) is 13.9 Å². The molecule has 0 saturated heterocycles. The zero-order valence-corrected chi connectivity index (χ0v) is 11.0. The molecule has 1 aromatic carbocycles. The summed E-state index contributed by atoms with van der Waals surface area (Å²) in [5, 5.41) is 20.9. The molecule has 0 bridgehead atoms. The Bertz CT molecular complexity index is 691. The zero-order valence-electron chi connectivity index (χ0n) is 11.0. The van der Waals surface area contributed by atoms with Crippen molar-refractivity contribution in [3.8, 4) is 0 Å². The summed E-state index contributed by atoms with van der Waals surface area (Å²) in [5.74, 6) is -8.39. The minimum absolute atomic E-state index is 0.345. The summed E-state index contributed by atoms with van der Waals surface area (Å²) in [6, 6.07) is 1.72. The summed E-state index contributed by atoms with van der Waals surface area (Å²) in [4.78, 5) is 3.52. The highest BCUT2D eigenvalue weighted by Gasteiger charge is 2.58. The van der Waals surface area contributed by atoms with Crippen LogP contribution in [0.3, 0.4) is 0 Å². The summed E-state index contributed by atoms with van der Waals surface area (Å²) < 4.78 is 56.1. The van der Waals surface area contributed by atoms with Crippen molar-refractivity contribution in [3.63, 3.8) is 0 Å². The fraction of sp³-hybridized carbons (Fsp3) is 0.250. The number of nitrogens with two attached hydrogens (primary N) is 1. The lowest BCUT2D eigenvalue weighted by Gasteiger charge is -2.35. The average molecular weight is 317 g/mol. The van der Waals surface area contributed by atoms with Crippen LogP contribution >= 0.6 is 0 Å². The van der Waals surface area contributed by atoms with Crippen LogP contribution in [0.1, 0.15) is 5.56 Å². The zero-order chi connectivity index (χ0) is 16.5. The van der Waals surface area contributed by atoms with Gasteiger partial charge in [-0.05, 0) is 12.1 Å². The van der Waals surface area contributed by atoms with E-state index in [2.05, 4.69) is 10.1 Å². The number of aliphatic hydroxyl groups is 1. The molecule has 2 aromatic rings. The largest absolute Gasteiger partial charge is 0.382 e. The van der Waals surface area contributed by atoms with Gasteiger partial charge in [-0.3, -0.25) is 5.41 Å². The van der Waals surface area contributed by atoms with E-state index in [4.69, 9.17) is 11.1 Å². The average Bonchev–Trinajstić information content (AvgIpc) is 2.90. The molecular weight excluding hydrogens is 306 g/mol. The molecule has 0 spiro atoms. The Morgan fingerprint density at radius 2 is 2.05 bits per heavy atom. The Hall–Kier alpha value is -2.49. The molecule has 2 rings (SSSR count). The molecule has 0 radical (unpaired) electrons. The Kier molecular flexibility index (Phi) is 3.88. The first-order chi connectivity index (χ1) is 10.2. The van der Waals surface area contributed by atoms with Gasteiger partial charge in [0.25, 0.3) is 0 Å². The van der Waals surface area contributed by atoms with Crippen molar-refractivity contribution < 1.29 is 22.7 Å². The molecule has 10 heteroatoms. The van der Waals surface area contributed by atoms with Crippen molar-refractivity contribution in [3.05, 3.63) is 48.1 Å². The van der Waals surface area contributed by atoms with E-state index in [-0.39, 0.29) is 0 Å². The number of benzene rings is 1. The molecule has 118 valence electrons. The van der Waals surface area contributed by atoms with E-state index in [0.717, 1.165) is 17.3 Å². The lowest BCUT2D eigenvalue weighted by Crippen LogP contribution is -2.56. The number of aromatic nitrogens is 3. The number of nitrogens with one attached hydrogen (secondary N) is 1. The van der Waals surface area contributed by atoms with Crippen LogP contribution in [0.15, 0.2) is 30.9 Å². The second-order valence-electron chi connectivity index (χ2n) is 4.57. The van der Waals surface area contributed by atoms with Crippen molar-refractivity contribution in [2.45, 2.75) is 18.1 Å². The van der Waals surface area contributed by atoms with Crippen LogP contribution in [-0.2, 0) is 12.1 Å². The third-order valence-electron chi connectivity index (χ3n) is 3.09. The Balaban J connectivity index is 2.61. The molecule has 4 N–H and O–H groups in total. The minimum Gasteiger partial charge on any atom is -0.382 e. The lowest BCUT2D eigenvalue weighted by molar-refractivity contribution is -0.155. The van der Waals surface area contributed by atoms with Crippen LogP contribution in [-0.4, -0.2) is 31.6 Å². The van der Waals surface area contributed by atoms with Gasteiger partial charge in [0.15, 0.2) is 11.4 Å². The van der Waals surface area contributed by atoms with Crippen molar-refractivity contribution in [1.82, 2.24) is 14.8 Å². The lowest BCUT2D eigenvalue weighted by atomic mass is 9.86. The molecule has 0 aliphatic carbocycles. The third kappa shape index (κ3) is 2.52. The summed E-state index contributed by atoms with van der Waals surface area (Å²) in [6.45, 7) is -0.942. The highest BCUT2D eigenvalue weighted by molar-refractivity contribution is 5.86. The number of alkyl halides is 2. The first kappa shape index (κ1) is 15.9. The predicted octanol–water partition coefficient (Wildman–Crippen LogP) is 1.02. The normalized spacial score (nSPS) is 14.6. The van der Waals surface area contributed by atoms with Gasteiger partial charge in [-0.1, -0.05) is 0 Å². The monoisotopic (exact) mass is 317 g/mol. The fourth-order valence-corrected chi connectivity index (χ4v) is 1.95. The number of nitrogens with zero attached hydrogens (tertiary/aromatic N) is 3. The summed E-state index contributed by atoms with van der Waals surface area (Å²) >= 11 is 0. The standard InChI is InChI=1S/C12H11F4N5O/c13-7-1-2-8(9(14)3-7)11(22,12(15,16)10(17)18)4-21-6-19-5-20-21/h1-3,5-6,22H,4H2,(H3,17,18). The maximum Gasteiger partial charge on any atom is 0.337 e. The Morgan fingerprint density at radius 1 is 1.36 bits per heavy atom. The number of rotatable bonds is 5. The van der Waals surface area contributed by atoms with E-state index in [1.807, 2.05) is 0 Å². The number of halogens is 4. The molecule has 1 aromatic heterocycles. The van der Waals surface area contributed by atoms with Crippen molar-refractivity contribution in [2.24, 2.45) is 5.73 Å². The van der Waals surface area contributed by atoms with Gasteiger partial charge in [0.05, 0.1) is 6.54 Å². The van der Waals surface area contributed by atoms with Gasteiger partial charge in [0.2, 0.25) is 0 Å². The summed E-state index contributed by atoms with van der Waals surface area (Å²) in [6.07, 6.45) is 2.04. The molecule has 0 saturated carbocycles. The molecule has 22 heavy (non-hydrogen) atoms. The highest BCUT2D eigenvalue weighted by Crippen LogP contribution is 2.40.